The second-order valence-electron chi connectivity index (χ2n) is 4.34. The minimum Gasteiger partial charge on any atom is -0.420 e. The maximum absolute atomic E-state index is 12.9. The van der Waals surface area contributed by atoms with Crippen molar-refractivity contribution >= 4 is 0 Å². The predicted molar refractivity (Wildman–Crippen MR) is 60.3 cm³/mol. The van der Waals surface area contributed by atoms with Crippen LogP contribution in [0.3, 0.4) is 0 Å². The molecule has 1 N–H and O–H groups in total. The summed E-state index contributed by atoms with van der Waals surface area (Å²) < 4.78 is 44.0. The second-order valence-corrected chi connectivity index (χ2v) is 4.34. The van der Waals surface area contributed by atoms with Gasteiger partial charge in [0.25, 0.3) is 0 Å². The number of halogens is 3. The molecule has 0 atom stereocenters. The van der Waals surface area contributed by atoms with Gasteiger partial charge in [-0.15, -0.1) is 10.2 Å². The molecule has 0 bridgehead atoms. The van der Waals surface area contributed by atoms with Crippen molar-refractivity contribution in [2.75, 3.05) is 13.1 Å². The second kappa shape index (κ2) is 4.34. The highest BCUT2D eigenvalue weighted by Crippen LogP contribution is 2.36. The highest BCUT2D eigenvalue weighted by Gasteiger charge is 2.35. The van der Waals surface area contributed by atoms with Gasteiger partial charge < -0.3 is 9.73 Å². The van der Waals surface area contributed by atoms with Gasteiger partial charge >= 0.3 is 6.18 Å². The quantitative estimate of drug-likeness (QED) is 0.909. The van der Waals surface area contributed by atoms with Gasteiger partial charge in [0.2, 0.25) is 11.8 Å². The lowest BCUT2D eigenvalue weighted by molar-refractivity contribution is -0.137. The van der Waals surface area contributed by atoms with Gasteiger partial charge in [-0.3, -0.25) is 0 Å². The molecule has 100 valence electrons. The molecule has 4 nitrogen and oxygen atoms in total. The smallest absolute Gasteiger partial charge is 0.417 e. The van der Waals surface area contributed by atoms with Gasteiger partial charge in [0.05, 0.1) is 17.0 Å². The molecule has 0 saturated carbocycles. The van der Waals surface area contributed by atoms with Gasteiger partial charge in [0.15, 0.2) is 0 Å². The summed E-state index contributed by atoms with van der Waals surface area (Å²) in [5, 5.41) is 10.6. The van der Waals surface area contributed by atoms with Crippen LogP contribution >= 0.6 is 0 Å². The molecule has 2 aromatic rings. The van der Waals surface area contributed by atoms with E-state index in [9.17, 15) is 13.2 Å². The summed E-state index contributed by atoms with van der Waals surface area (Å²) in [5.41, 5.74) is -0.849. The molecule has 7 heteroatoms. The van der Waals surface area contributed by atoms with E-state index in [0.29, 0.717) is 19.0 Å². The third-order valence-electron chi connectivity index (χ3n) is 3.03. The van der Waals surface area contributed by atoms with Crippen LogP contribution in [0.25, 0.3) is 11.5 Å². The van der Waals surface area contributed by atoms with E-state index in [1.54, 1.807) is 0 Å². The first kappa shape index (κ1) is 12.2. The Morgan fingerprint density at radius 2 is 1.89 bits per heavy atom. The van der Waals surface area contributed by atoms with Crippen LogP contribution in [-0.4, -0.2) is 23.3 Å². The van der Waals surface area contributed by atoms with Gasteiger partial charge in [-0.25, -0.2) is 0 Å². The molecule has 1 saturated heterocycles. The van der Waals surface area contributed by atoms with Crippen LogP contribution < -0.4 is 5.32 Å². The third kappa shape index (κ3) is 2.21. The van der Waals surface area contributed by atoms with Crippen LogP contribution in [0.2, 0.25) is 0 Å². The van der Waals surface area contributed by atoms with Crippen LogP contribution in [0.4, 0.5) is 13.2 Å². The molecule has 0 amide bonds. The molecule has 3 rings (SSSR count). The molecule has 1 aliphatic rings. The maximum Gasteiger partial charge on any atom is 0.417 e. The topological polar surface area (TPSA) is 51.0 Å². The lowest BCUT2D eigenvalue weighted by Crippen LogP contribution is -2.40. The Balaban J connectivity index is 1.99. The number of hydrogen-bond donors (Lipinski definition) is 1. The van der Waals surface area contributed by atoms with E-state index >= 15 is 0 Å². The number of nitrogens with zero attached hydrogens (tertiary/aromatic N) is 2. The standard InChI is InChI=1S/C12H10F3N3O/c13-12(14,15)9-4-2-1-3-8(9)11-18-17-10(19-11)7-5-16-6-7/h1-4,7,16H,5-6H2. The fourth-order valence-electron chi connectivity index (χ4n) is 1.89. The summed E-state index contributed by atoms with van der Waals surface area (Å²) in [4.78, 5) is 0. The Kier molecular flexibility index (Phi) is 2.78. The highest BCUT2D eigenvalue weighted by atomic mass is 19.4. The molecular weight excluding hydrogens is 259 g/mol. The van der Waals surface area contributed by atoms with Crippen LogP contribution in [0.5, 0.6) is 0 Å². The SMILES string of the molecule is FC(F)(F)c1ccccc1-c1nnc(C2CNC2)o1. The van der Waals surface area contributed by atoms with E-state index in [1.165, 1.54) is 18.2 Å². The maximum atomic E-state index is 12.9. The molecule has 1 aliphatic heterocycles. The summed E-state index contributed by atoms with van der Waals surface area (Å²) in [7, 11) is 0. The Labute approximate surface area is 106 Å². The van der Waals surface area contributed by atoms with E-state index in [2.05, 4.69) is 15.5 Å². The summed E-state index contributed by atoms with van der Waals surface area (Å²) in [6.07, 6.45) is -4.44. The van der Waals surface area contributed by atoms with Crippen LogP contribution in [-0.2, 0) is 6.18 Å². The van der Waals surface area contributed by atoms with Crippen LogP contribution in [0.1, 0.15) is 17.4 Å². The molecule has 1 fully saturated rings. The average Bonchev–Trinajstić information content (AvgIpc) is 2.75. The van der Waals surface area contributed by atoms with Gasteiger partial charge in [-0.1, -0.05) is 12.1 Å². The highest BCUT2D eigenvalue weighted by molar-refractivity contribution is 5.59. The van der Waals surface area contributed by atoms with Crippen molar-refractivity contribution in [3.8, 4) is 11.5 Å². The Morgan fingerprint density at radius 3 is 2.53 bits per heavy atom. The predicted octanol–water partition coefficient (Wildman–Crippen LogP) is 2.44. The van der Waals surface area contributed by atoms with Crippen molar-refractivity contribution in [2.24, 2.45) is 0 Å². The zero-order chi connectivity index (χ0) is 13.5. The number of benzene rings is 1. The number of aromatic nitrogens is 2. The van der Waals surface area contributed by atoms with Crippen molar-refractivity contribution in [2.45, 2.75) is 12.1 Å². The van der Waals surface area contributed by atoms with Gasteiger partial charge in [0.1, 0.15) is 0 Å². The Hall–Kier alpha value is -1.89. The molecule has 0 spiro atoms. The first-order valence-electron chi connectivity index (χ1n) is 5.76. The average molecular weight is 269 g/mol. The lowest BCUT2D eigenvalue weighted by Gasteiger charge is -2.22. The fraction of sp³-hybridized carbons (Fsp3) is 0.333. The van der Waals surface area contributed by atoms with E-state index < -0.39 is 11.7 Å². The third-order valence-corrected chi connectivity index (χ3v) is 3.03. The Morgan fingerprint density at radius 1 is 1.16 bits per heavy atom. The molecule has 0 aliphatic carbocycles. The van der Waals surface area contributed by atoms with Crippen molar-refractivity contribution in [1.82, 2.24) is 15.5 Å². The molecular formula is C12H10F3N3O. The van der Waals surface area contributed by atoms with E-state index in [-0.39, 0.29) is 17.4 Å². The number of nitrogens with one attached hydrogen (secondary N) is 1. The number of rotatable bonds is 2. The van der Waals surface area contributed by atoms with Crippen molar-refractivity contribution in [3.63, 3.8) is 0 Å². The van der Waals surface area contributed by atoms with E-state index in [4.69, 9.17) is 4.42 Å². The fourth-order valence-corrected chi connectivity index (χ4v) is 1.89. The summed E-state index contributed by atoms with van der Waals surface area (Å²) in [5.74, 6) is 0.389. The zero-order valence-electron chi connectivity index (χ0n) is 9.74. The minimum atomic E-state index is -4.44. The van der Waals surface area contributed by atoms with Gasteiger partial charge in [-0.05, 0) is 12.1 Å². The molecule has 1 aromatic heterocycles. The van der Waals surface area contributed by atoms with Crippen molar-refractivity contribution < 1.29 is 17.6 Å². The Bertz CT molecular complexity index is 590. The zero-order valence-corrected chi connectivity index (χ0v) is 9.74. The summed E-state index contributed by atoms with van der Waals surface area (Å²) >= 11 is 0. The monoisotopic (exact) mass is 269 g/mol. The number of alkyl halides is 3. The molecule has 0 unspecified atom stereocenters. The largest absolute Gasteiger partial charge is 0.420 e. The first-order chi connectivity index (χ1) is 9.05. The van der Waals surface area contributed by atoms with E-state index in [1.807, 2.05) is 0 Å². The number of hydrogen-bond acceptors (Lipinski definition) is 4. The summed E-state index contributed by atoms with van der Waals surface area (Å²) in [6, 6.07) is 5.18. The normalized spacial score (nSPS) is 16.4. The first-order valence-corrected chi connectivity index (χ1v) is 5.76. The summed E-state index contributed by atoms with van der Waals surface area (Å²) in [6.45, 7) is 1.42. The minimum absolute atomic E-state index is 0.0824. The van der Waals surface area contributed by atoms with E-state index in [0.717, 1.165) is 6.07 Å². The van der Waals surface area contributed by atoms with Crippen molar-refractivity contribution in [1.29, 1.82) is 0 Å². The molecule has 0 radical (unpaired) electrons. The molecule has 1 aromatic carbocycles. The van der Waals surface area contributed by atoms with Gasteiger partial charge in [-0.2, -0.15) is 13.2 Å². The molecule has 19 heavy (non-hydrogen) atoms. The van der Waals surface area contributed by atoms with Crippen molar-refractivity contribution in [3.05, 3.63) is 35.7 Å². The van der Waals surface area contributed by atoms with Gasteiger partial charge in [0, 0.05) is 13.1 Å². The molecule has 2 heterocycles. The van der Waals surface area contributed by atoms with Crippen LogP contribution in [0.15, 0.2) is 28.7 Å². The van der Waals surface area contributed by atoms with Crippen LogP contribution in [0, 0.1) is 0 Å². The lowest BCUT2D eigenvalue weighted by atomic mass is 10.0.